The smallest absolute Gasteiger partial charge is 0.338 e. The number of anilines is 1. The molecule has 0 spiro atoms. The Labute approximate surface area is 180 Å². The molecule has 0 fully saturated rings. The molecule has 2 aromatic carbocycles. The Hall–Kier alpha value is -3.92. The molecule has 1 aliphatic rings. The van der Waals surface area contributed by atoms with E-state index < -0.39 is 24.4 Å². The highest BCUT2D eigenvalue weighted by molar-refractivity contribution is 7.15. The SMILES string of the molecule is COc1ccc(C(=O)COC(=O)c2ccc3c(c2)C(=O)N(c2nnc(C)s2)C3=O)cc1. The molecule has 10 heteroatoms. The van der Waals surface area contributed by atoms with Gasteiger partial charge in [0.25, 0.3) is 11.8 Å². The second-order valence-electron chi connectivity index (χ2n) is 6.54. The molecule has 4 rings (SSSR count). The van der Waals surface area contributed by atoms with Crippen molar-refractivity contribution in [3.05, 3.63) is 69.7 Å². The third-order valence-corrected chi connectivity index (χ3v) is 5.40. The maximum absolute atomic E-state index is 12.7. The second kappa shape index (κ2) is 8.07. The van der Waals surface area contributed by atoms with Crippen LogP contribution in [0.1, 0.15) is 46.4 Å². The fourth-order valence-electron chi connectivity index (χ4n) is 2.99. The lowest BCUT2D eigenvalue weighted by Gasteiger charge is -2.07. The molecule has 31 heavy (non-hydrogen) atoms. The quantitative estimate of drug-likeness (QED) is 0.328. The normalized spacial score (nSPS) is 12.6. The minimum absolute atomic E-state index is 0.0534. The van der Waals surface area contributed by atoms with E-state index in [2.05, 4.69) is 10.2 Å². The summed E-state index contributed by atoms with van der Waals surface area (Å²) in [5.74, 6) is -1.70. The molecule has 0 radical (unpaired) electrons. The third kappa shape index (κ3) is 3.80. The first-order valence-corrected chi connectivity index (χ1v) is 9.88. The number of Topliss-reactive ketones (excluding diaryl/α,β-unsaturated/α-hetero) is 1. The van der Waals surface area contributed by atoms with Gasteiger partial charge in [-0.2, -0.15) is 0 Å². The summed E-state index contributed by atoms with van der Waals surface area (Å²) in [6.07, 6.45) is 0. The predicted molar refractivity (Wildman–Crippen MR) is 110 cm³/mol. The van der Waals surface area contributed by atoms with Crippen LogP contribution in [0.2, 0.25) is 0 Å². The number of nitrogens with zero attached hydrogens (tertiary/aromatic N) is 3. The largest absolute Gasteiger partial charge is 0.497 e. The lowest BCUT2D eigenvalue weighted by Crippen LogP contribution is -2.29. The number of aryl methyl sites for hydroxylation is 1. The van der Waals surface area contributed by atoms with Crippen LogP contribution >= 0.6 is 11.3 Å². The second-order valence-corrected chi connectivity index (χ2v) is 7.70. The number of benzene rings is 2. The summed E-state index contributed by atoms with van der Waals surface area (Å²) in [4.78, 5) is 50.9. The van der Waals surface area contributed by atoms with E-state index in [0.29, 0.717) is 16.3 Å². The maximum atomic E-state index is 12.7. The zero-order valence-electron chi connectivity index (χ0n) is 16.4. The van der Waals surface area contributed by atoms with Gasteiger partial charge in [0, 0.05) is 5.56 Å². The summed E-state index contributed by atoms with van der Waals surface area (Å²) in [5, 5.41) is 8.44. The Kier molecular flexibility index (Phi) is 5.30. The van der Waals surface area contributed by atoms with E-state index in [0.717, 1.165) is 16.2 Å². The number of carbonyl (C=O) groups is 4. The summed E-state index contributed by atoms with van der Waals surface area (Å²) >= 11 is 1.11. The van der Waals surface area contributed by atoms with Crippen LogP contribution in [0.5, 0.6) is 5.75 Å². The van der Waals surface area contributed by atoms with Gasteiger partial charge >= 0.3 is 5.97 Å². The van der Waals surface area contributed by atoms with Crippen molar-refractivity contribution in [3.63, 3.8) is 0 Å². The van der Waals surface area contributed by atoms with Gasteiger partial charge in [0.1, 0.15) is 10.8 Å². The minimum atomic E-state index is -0.782. The van der Waals surface area contributed by atoms with Crippen LogP contribution in [0.15, 0.2) is 42.5 Å². The molecule has 2 amide bonds. The highest BCUT2D eigenvalue weighted by atomic mass is 32.1. The Bertz CT molecular complexity index is 1220. The lowest BCUT2D eigenvalue weighted by atomic mass is 10.1. The zero-order chi connectivity index (χ0) is 22.1. The summed E-state index contributed by atoms with van der Waals surface area (Å²) in [7, 11) is 1.52. The number of rotatable bonds is 6. The minimum Gasteiger partial charge on any atom is -0.497 e. The zero-order valence-corrected chi connectivity index (χ0v) is 17.3. The molecular weight excluding hydrogens is 422 g/mol. The Morgan fingerprint density at radius 2 is 1.65 bits per heavy atom. The molecule has 1 aliphatic heterocycles. The highest BCUT2D eigenvalue weighted by Crippen LogP contribution is 2.31. The van der Waals surface area contributed by atoms with Gasteiger partial charge in [-0.15, -0.1) is 10.2 Å². The van der Waals surface area contributed by atoms with Crippen LogP contribution in [-0.4, -0.2) is 47.5 Å². The lowest BCUT2D eigenvalue weighted by molar-refractivity contribution is 0.0474. The van der Waals surface area contributed by atoms with Crippen molar-refractivity contribution in [1.82, 2.24) is 10.2 Å². The molecule has 0 saturated carbocycles. The van der Waals surface area contributed by atoms with E-state index in [4.69, 9.17) is 9.47 Å². The van der Waals surface area contributed by atoms with Crippen molar-refractivity contribution in [3.8, 4) is 5.75 Å². The van der Waals surface area contributed by atoms with Gasteiger partial charge in [0.15, 0.2) is 12.4 Å². The monoisotopic (exact) mass is 437 g/mol. The molecule has 3 aromatic rings. The summed E-state index contributed by atoms with van der Waals surface area (Å²) in [6.45, 7) is 1.24. The number of fused-ring (bicyclic) bond motifs is 1. The summed E-state index contributed by atoms with van der Waals surface area (Å²) < 4.78 is 10.1. The molecule has 0 bridgehead atoms. The van der Waals surface area contributed by atoms with Crippen LogP contribution in [0, 0.1) is 6.92 Å². The van der Waals surface area contributed by atoms with Gasteiger partial charge in [-0.1, -0.05) is 11.3 Å². The number of carbonyl (C=O) groups excluding carboxylic acids is 4. The molecule has 2 heterocycles. The first kappa shape index (κ1) is 20.4. The van der Waals surface area contributed by atoms with Crippen LogP contribution in [0.25, 0.3) is 0 Å². The Morgan fingerprint density at radius 3 is 2.29 bits per heavy atom. The summed E-state index contributed by atoms with van der Waals surface area (Å²) in [5.41, 5.74) is 0.640. The number of hydrogen-bond acceptors (Lipinski definition) is 9. The number of ketones is 1. The summed E-state index contributed by atoms with van der Waals surface area (Å²) in [6, 6.07) is 10.4. The molecule has 0 N–H and O–H groups in total. The molecule has 0 unspecified atom stereocenters. The topological polar surface area (TPSA) is 116 Å². The fraction of sp³-hybridized carbons (Fsp3) is 0.143. The molecule has 0 saturated heterocycles. The first-order chi connectivity index (χ1) is 14.9. The Balaban J connectivity index is 1.47. The van der Waals surface area contributed by atoms with Crippen molar-refractivity contribution in [2.24, 2.45) is 0 Å². The average Bonchev–Trinajstić information content (AvgIpc) is 3.32. The van der Waals surface area contributed by atoms with Crippen molar-refractivity contribution in [1.29, 1.82) is 0 Å². The van der Waals surface area contributed by atoms with Crippen LogP contribution in [0.4, 0.5) is 5.13 Å². The van der Waals surface area contributed by atoms with E-state index in [9.17, 15) is 19.2 Å². The molecule has 9 nitrogen and oxygen atoms in total. The van der Waals surface area contributed by atoms with Crippen molar-refractivity contribution >= 4 is 40.0 Å². The van der Waals surface area contributed by atoms with Crippen molar-refractivity contribution in [2.45, 2.75) is 6.92 Å². The van der Waals surface area contributed by atoms with Crippen molar-refractivity contribution in [2.75, 3.05) is 18.6 Å². The Morgan fingerprint density at radius 1 is 0.968 bits per heavy atom. The van der Waals surface area contributed by atoms with E-state index >= 15 is 0 Å². The third-order valence-electron chi connectivity index (χ3n) is 4.58. The van der Waals surface area contributed by atoms with Crippen LogP contribution in [0.3, 0.4) is 0 Å². The van der Waals surface area contributed by atoms with E-state index in [1.54, 1.807) is 31.2 Å². The number of methoxy groups -OCH3 is 1. The number of hydrogen-bond donors (Lipinski definition) is 0. The van der Waals surface area contributed by atoms with Crippen molar-refractivity contribution < 1.29 is 28.7 Å². The van der Waals surface area contributed by atoms with Gasteiger partial charge in [0.05, 0.1) is 23.8 Å². The van der Waals surface area contributed by atoms with Gasteiger partial charge in [-0.3, -0.25) is 14.4 Å². The standard InChI is InChI=1S/C21H15N3O6S/c1-11-22-23-21(31-11)24-18(26)15-8-5-13(9-16(15)19(24)27)20(28)30-10-17(25)12-3-6-14(29-2)7-4-12/h3-9H,10H2,1-2H3. The van der Waals surface area contributed by atoms with E-state index in [1.807, 2.05) is 0 Å². The number of amides is 2. The van der Waals surface area contributed by atoms with E-state index in [1.165, 1.54) is 25.3 Å². The fourth-order valence-corrected chi connectivity index (χ4v) is 3.68. The first-order valence-electron chi connectivity index (χ1n) is 9.06. The van der Waals surface area contributed by atoms with Gasteiger partial charge in [-0.25, -0.2) is 9.69 Å². The predicted octanol–water partition coefficient (Wildman–Crippen LogP) is 2.70. The van der Waals surface area contributed by atoms with E-state index in [-0.39, 0.29) is 27.6 Å². The van der Waals surface area contributed by atoms with Crippen LogP contribution in [-0.2, 0) is 4.74 Å². The molecule has 0 aliphatic carbocycles. The molecule has 0 atom stereocenters. The van der Waals surface area contributed by atoms with Gasteiger partial charge in [-0.05, 0) is 49.4 Å². The molecule has 156 valence electrons. The van der Waals surface area contributed by atoms with Crippen LogP contribution < -0.4 is 9.64 Å². The number of imide groups is 1. The average molecular weight is 437 g/mol. The number of aromatic nitrogens is 2. The highest BCUT2D eigenvalue weighted by Gasteiger charge is 2.39. The number of esters is 1. The number of ether oxygens (including phenoxy) is 2. The van der Waals surface area contributed by atoms with Gasteiger partial charge < -0.3 is 9.47 Å². The molecule has 1 aromatic heterocycles. The maximum Gasteiger partial charge on any atom is 0.338 e. The molecular formula is C21H15N3O6S. The van der Waals surface area contributed by atoms with Gasteiger partial charge in [0.2, 0.25) is 5.13 Å².